The summed E-state index contributed by atoms with van der Waals surface area (Å²) in [6.45, 7) is 0.544. The van der Waals surface area contributed by atoms with Crippen molar-refractivity contribution in [1.82, 2.24) is 5.32 Å². The van der Waals surface area contributed by atoms with Gasteiger partial charge in [-0.1, -0.05) is 18.2 Å². The monoisotopic (exact) mass is 399 g/mol. The molecule has 3 rings (SSSR count). The molecule has 0 aromatic heterocycles. The van der Waals surface area contributed by atoms with Crippen LogP contribution in [0.15, 0.2) is 48.5 Å². The molecule has 0 spiro atoms. The molecule has 0 unspecified atom stereocenters. The smallest absolute Gasteiger partial charge is 0.271 e. The van der Waals surface area contributed by atoms with Gasteiger partial charge in [-0.05, 0) is 31.0 Å². The first-order chi connectivity index (χ1) is 14.0. The van der Waals surface area contributed by atoms with Crippen molar-refractivity contribution in [1.29, 1.82) is 0 Å². The molecule has 0 saturated heterocycles. The van der Waals surface area contributed by atoms with E-state index in [0.717, 1.165) is 18.6 Å². The quantitative estimate of drug-likeness (QED) is 0.393. The molecule has 2 aromatic rings. The maximum Gasteiger partial charge on any atom is 0.271 e. The highest BCUT2D eigenvalue weighted by molar-refractivity contribution is 6.02. The number of nitro benzene ring substituents is 1. The third kappa shape index (κ3) is 5.44. The molecule has 152 valence electrons. The van der Waals surface area contributed by atoms with Crippen molar-refractivity contribution >= 4 is 23.2 Å². The normalized spacial score (nSPS) is 12.7. The van der Waals surface area contributed by atoms with Gasteiger partial charge in [0.1, 0.15) is 18.0 Å². The minimum Gasteiger partial charge on any atom is -0.494 e. The first kappa shape index (κ1) is 20.1. The molecule has 9 heteroatoms. The molecule has 2 aromatic carbocycles. The van der Waals surface area contributed by atoms with Crippen LogP contribution in [0.5, 0.6) is 11.5 Å². The number of rotatable bonds is 9. The van der Waals surface area contributed by atoms with Gasteiger partial charge in [-0.15, -0.1) is 0 Å². The maximum absolute atomic E-state index is 12.2. The van der Waals surface area contributed by atoms with Crippen LogP contribution in [-0.4, -0.2) is 43.0 Å². The fourth-order valence-corrected chi connectivity index (χ4v) is 2.84. The van der Waals surface area contributed by atoms with Crippen LogP contribution in [0, 0.1) is 10.1 Å². The summed E-state index contributed by atoms with van der Waals surface area (Å²) in [5.41, 5.74) is 0.0488. The number of nitrogens with one attached hydrogen (secondary N) is 1. The van der Waals surface area contributed by atoms with E-state index >= 15 is 0 Å². The minimum absolute atomic E-state index is 0.175. The van der Waals surface area contributed by atoms with E-state index in [2.05, 4.69) is 5.32 Å². The van der Waals surface area contributed by atoms with Crippen LogP contribution in [0.25, 0.3) is 0 Å². The van der Waals surface area contributed by atoms with Gasteiger partial charge in [0.2, 0.25) is 5.91 Å². The molecule has 9 nitrogen and oxygen atoms in total. The van der Waals surface area contributed by atoms with Gasteiger partial charge in [-0.3, -0.25) is 24.6 Å². The highest BCUT2D eigenvalue weighted by Crippen LogP contribution is 2.35. The summed E-state index contributed by atoms with van der Waals surface area (Å²) in [5.74, 6) is 0.363. The lowest BCUT2D eigenvalue weighted by atomic mass is 10.2. The molecule has 1 aliphatic rings. The zero-order chi connectivity index (χ0) is 20.6. The molecule has 29 heavy (non-hydrogen) atoms. The van der Waals surface area contributed by atoms with Gasteiger partial charge in [0.25, 0.3) is 11.6 Å². The summed E-state index contributed by atoms with van der Waals surface area (Å²) in [6, 6.07) is 13.4. The molecule has 0 fully saturated rings. The Morgan fingerprint density at radius 1 is 1.21 bits per heavy atom. The van der Waals surface area contributed by atoms with Gasteiger partial charge >= 0.3 is 0 Å². The summed E-state index contributed by atoms with van der Waals surface area (Å²) in [4.78, 5) is 36.0. The van der Waals surface area contributed by atoms with Gasteiger partial charge < -0.3 is 14.8 Å². The lowest BCUT2D eigenvalue weighted by Gasteiger charge is -2.28. The van der Waals surface area contributed by atoms with E-state index in [-0.39, 0.29) is 30.4 Å². The highest BCUT2D eigenvalue weighted by Gasteiger charge is 2.29. The Bertz CT molecular complexity index is 887. The zero-order valence-electron chi connectivity index (χ0n) is 15.7. The van der Waals surface area contributed by atoms with Gasteiger partial charge in [0, 0.05) is 18.7 Å². The number of fused-ring (bicyclic) bond motifs is 1. The first-order valence-corrected chi connectivity index (χ1v) is 9.21. The van der Waals surface area contributed by atoms with Crippen molar-refractivity contribution in [3.05, 3.63) is 58.6 Å². The lowest BCUT2D eigenvalue weighted by molar-refractivity contribution is -0.384. The van der Waals surface area contributed by atoms with E-state index in [1.54, 1.807) is 0 Å². The molecule has 2 amide bonds. The van der Waals surface area contributed by atoms with E-state index in [4.69, 9.17) is 9.47 Å². The van der Waals surface area contributed by atoms with Crippen molar-refractivity contribution < 1.29 is 24.0 Å². The standard InChI is InChI=1S/C20H21N3O6/c24-19(21-10-4-5-11-28-16-6-2-1-3-7-16)13-22-17-12-15(23(26)27)8-9-18(17)29-14-20(22)25/h1-3,6-9,12H,4-5,10-11,13-14H2,(H,21,24). The van der Waals surface area contributed by atoms with E-state index in [1.165, 1.54) is 23.1 Å². The van der Waals surface area contributed by atoms with E-state index in [9.17, 15) is 19.7 Å². The molecule has 1 heterocycles. The number of carbonyl (C=O) groups excluding carboxylic acids is 2. The van der Waals surface area contributed by atoms with Crippen LogP contribution < -0.4 is 19.7 Å². The van der Waals surface area contributed by atoms with E-state index < -0.39 is 10.8 Å². The number of nitro groups is 1. The Balaban J connectivity index is 1.46. The summed E-state index contributed by atoms with van der Waals surface area (Å²) >= 11 is 0. The number of hydrogen-bond acceptors (Lipinski definition) is 6. The Kier molecular flexibility index (Phi) is 6.62. The van der Waals surface area contributed by atoms with Crippen LogP contribution in [-0.2, 0) is 9.59 Å². The number of non-ortho nitro benzene ring substituents is 1. The first-order valence-electron chi connectivity index (χ1n) is 9.21. The van der Waals surface area contributed by atoms with Gasteiger partial charge in [0.05, 0.1) is 17.2 Å². The Labute approximate surface area is 167 Å². The number of amides is 2. The highest BCUT2D eigenvalue weighted by atomic mass is 16.6. The summed E-state index contributed by atoms with van der Waals surface area (Å²) in [6.07, 6.45) is 1.48. The van der Waals surface area contributed by atoms with Gasteiger partial charge in [0.15, 0.2) is 6.61 Å². The second-order valence-corrected chi connectivity index (χ2v) is 6.40. The van der Waals surface area contributed by atoms with Crippen molar-refractivity contribution in [2.45, 2.75) is 12.8 Å². The van der Waals surface area contributed by atoms with Crippen LogP contribution in [0.3, 0.4) is 0 Å². The fraction of sp³-hybridized carbons (Fsp3) is 0.300. The van der Waals surface area contributed by atoms with Crippen molar-refractivity contribution in [3.8, 4) is 11.5 Å². The van der Waals surface area contributed by atoms with Crippen molar-refractivity contribution in [2.24, 2.45) is 0 Å². The number of unbranched alkanes of at least 4 members (excludes halogenated alkanes) is 1. The molecule has 0 bridgehead atoms. The number of benzene rings is 2. The van der Waals surface area contributed by atoms with E-state index in [1.807, 2.05) is 30.3 Å². The van der Waals surface area contributed by atoms with Crippen molar-refractivity contribution in [2.75, 3.05) is 31.2 Å². The molecule has 1 N–H and O–H groups in total. The Morgan fingerprint density at radius 2 is 2.00 bits per heavy atom. The number of para-hydroxylation sites is 1. The zero-order valence-corrected chi connectivity index (χ0v) is 15.7. The molecule has 0 aliphatic carbocycles. The number of ether oxygens (including phenoxy) is 2. The van der Waals surface area contributed by atoms with Gasteiger partial charge in [-0.25, -0.2) is 0 Å². The second kappa shape index (κ2) is 9.54. The number of hydrogen-bond donors (Lipinski definition) is 1. The molecular weight excluding hydrogens is 378 g/mol. The average Bonchev–Trinajstić information content (AvgIpc) is 2.73. The van der Waals surface area contributed by atoms with Crippen LogP contribution in [0.2, 0.25) is 0 Å². The molecule has 0 atom stereocenters. The molecule has 1 aliphatic heterocycles. The van der Waals surface area contributed by atoms with Crippen LogP contribution in [0.1, 0.15) is 12.8 Å². The predicted octanol–water partition coefficient (Wildman–Crippen LogP) is 2.30. The molecular formula is C20H21N3O6. The largest absolute Gasteiger partial charge is 0.494 e. The Hall–Kier alpha value is -3.62. The third-order valence-electron chi connectivity index (χ3n) is 4.30. The topological polar surface area (TPSA) is 111 Å². The van der Waals surface area contributed by atoms with Crippen LogP contribution in [0.4, 0.5) is 11.4 Å². The second-order valence-electron chi connectivity index (χ2n) is 6.40. The number of carbonyl (C=O) groups is 2. The minimum atomic E-state index is -0.560. The summed E-state index contributed by atoms with van der Waals surface area (Å²) in [7, 11) is 0. The van der Waals surface area contributed by atoms with Crippen LogP contribution >= 0.6 is 0 Å². The maximum atomic E-state index is 12.2. The van der Waals surface area contributed by atoms with Gasteiger partial charge in [-0.2, -0.15) is 0 Å². The SMILES string of the molecule is O=C(CN1C(=O)COc2ccc([N+](=O)[O-])cc21)NCCCCOc1ccccc1. The predicted molar refractivity (Wildman–Crippen MR) is 105 cm³/mol. The molecule has 0 saturated carbocycles. The average molecular weight is 399 g/mol. The Morgan fingerprint density at radius 3 is 2.76 bits per heavy atom. The lowest BCUT2D eigenvalue weighted by Crippen LogP contribution is -2.45. The third-order valence-corrected chi connectivity index (χ3v) is 4.30. The number of nitrogens with zero attached hydrogens (tertiary/aromatic N) is 2. The van der Waals surface area contributed by atoms with E-state index in [0.29, 0.717) is 18.9 Å². The number of anilines is 1. The van der Waals surface area contributed by atoms with Crippen molar-refractivity contribution in [3.63, 3.8) is 0 Å². The fourth-order valence-electron chi connectivity index (χ4n) is 2.84. The summed E-state index contributed by atoms with van der Waals surface area (Å²) < 4.78 is 10.9. The summed E-state index contributed by atoms with van der Waals surface area (Å²) in [5, 5.41) is 13.7. The molecule has 0 radical (unpaired) electrons.